The molecule has 5 atom stereocenters. The van der Waals surface area contributed by atoms with Gasteiger partial charge in [-0.3, -0.25) is 14.0 Å². The lowest BCUT2D eigenvalue weighted by molar-refractivity contribution is -0.745. The second kappa shape index (κ2) is 6.33. The van der Waals surface area contributed by atoms with E-state index in [4.69, 9.17) is 10.5 Å². The summed E-state index contributed by atoms with van der Waals surface area (Å²) in [5.74, 6) is 0.216. The van der Waals surface area contributed by atoms with Crippen LogP contribution in [0.5, 0.6) is 0 Å². The Hall–Kier alpha value is -1.66. The number of imidazole rings is 1. The van der Waals surface area contributed by atoms with Crippen molar-refractivity contribution < 1.29 is 38.0 Å². The number of aliphatic hydroxyl groups excluding tert-OH is 2. The Balaban J connectivity index is 1.82. The summed E-state index contributed by atoms with van der Waals surface area (Å²) in [6.07, 6.45) is -2.00. The van der Waals surface area contributed by atoms with Crippen molar-refractivity contribution in [3.63, 3.8) is 0 Å². The molecule has 1 fully saturated rings. The molecule has 2 aromatic heterocycles. The lowest BCUT2D eigenvalue weighted by atomic mass is 10.1. The minimum atomic E-state index is -4.22. The van der Waals surface area contributed by atoms with E-state index in [1.807, 2.05) is 0 Å². The average Bonchev–Trinajstić information content (AvgIpc) is 3.10. The Morgan fingerprint density at radius 2 is 2.21 bits per heavy atom. The van der Waals surface area contributed by atoms with E-state index in [0.717, 1.165) is 7.11 Å². The smallest absolute Gasteiger partial charge is 0.387 e. The quantitative estimate of drug-likeness (QED) is 0.301. The van der Waals surface area contributed by atoms with E-state index in [0.29, 0.717) is 11.2 Å². The zero-order chi connectivity index (χ0) is 17.5. The molecule has 2 aromatic rings. The number of hydrogen-bond acceptors (Lipinski definition) is 9. The fourth-order valence-corrected chi connectivity index (χ4v) is 2.87. The van der Waals surface area contributed by atoms with Gasteiger partial charge in [0, 0.05) is 7.11 Å². The summed E-state index contributed by atoms with van der Waals surface area (Å²) in [4.78, 5) is 20.0. The highest BCUT2D eigenvalue weighted by molar-refractivity contribution is 7.47. The number of fused-ring (bicyclic) bond motifs is 1. The van der Waals surface area contributed by atoms with Gasteiger partial charge in [0.1, 0.15) is 18.3 Å². The van der Waals surface area contributed by atoms with Gasteiger partial charge in [-0.05, 0) is 0 Å². The van der Waals surface area contributed by atoms with Crippen LogP contribution in [0, 0.1) is 0 Å². The van der Waals surface area contributed by atoms with E-state index >= 15 is 0 Å². The maximum absolute atomic E-state index is 11.3. The molecule has 3 rings (SSSR count). The molecule has 0 radical (unpaired) electrons. The van der Waals surface area contributed by atoms with Crippen LogP contribution in [-0.4, -0.2) is 62.1 Å². The first-order valence-electron chi connectivity index (χ1n) is 6.87. The first-order chi connectivity index (χ1) is 11.3. The highest BCUT2D eigenvalue weighted by atomic mass is 31.2. The Kier molecular flexibility index (Phi) is 4.53. The number of aromatic nitrogens is 4. The molecule has 5 unspecified atom stereocenters. The summed E-state index contributed by atoms with van der Waals surface area (Å²) in [6.45, 7) is -0.448. The van der Waals surface area contributed by atoms with Crippen LogP contribution in [0.4, 0.5) is 5.82 Å². The van der Waals surface area contributed by atoms with E-state index in [-0.39, 0.29) is 5.82 Å². The zero-order valence-corrected chi connectivity index (χ0v) is 13.4. The first kappa shape index (κ1) is 17.2. The standard InChI is InChI=1S/C11H16N5O7P/c1-21-24(19,20)22-2-5-7(17)8(18)11(23-5)16-4-15-6-9(12)13-3-14-10(6)16/h3-5,7-8,11,17-18H,2H2,1H3,(H3,12,13,14,19,20)/p+1. The van der Waals surface area contributed by atoms with Crippen LogP contribution in [0.1, 0.15) is 6.23 Å². The van der Waals surface area contributed by atoms with E-state index in [1.54, 1.807) is 0 Å². The Morgan fingerprint density at radius 1 is 1.46 bits per heavy atom. The summed E-state index contributed by atoms with van der Waals surface area (Å²) in [7, 11) is -3.21. The van der Waals surface area contributed by atoms with Gasteiger partial charge >= 0.3 is 13.5 Å². The second-order valence-electron chi connectivity index (χ2n) is 5.13. The van der Waals surface area contributed by atoms with E-state index in [1.165, 1.54) is 17.2 Å². The van der Waals surface area contributed by atoms with Crippen LogP contribution in [-0.2, 0) is 18.3 Å². The molecule has 1 saturated heterocycles. The van der Waals surface area contributed by atoms with Crippen LogP contribution in [0.15, 0.2) is 12.7 Å². The topological polar surface area (TPSA) is 177 Å². The first-order valence-corrected chi connectivity index (χ1v) is 8.37. The van der Waals surface area contributed by atoms with Crippen molar-refractivity contribution in [2.75, 3.05) is 19.5 Å². The fraction of sp³-hybridized carbons (Fsp3) is 0.545. The maximum atomic E-state index is 11.3. The molecule has 1 aliphatic rings. The van der Waals surface area contributed by atoms with Gasteiger partial charge in [0.15, 0.2) is 18.5 Å². The van der Waals surface area contributed by atoms with E-state index < -0.39 is 39.0 Å². The molecule has 24 heavy (non-hydrogen) atoms. The van der Waals surface area contributed by atoms with Gasteiger partial charge < -0.3 is 25.6 Å². The molecule has 13 heteroatoms. The van der Waals surface area contributed by atoms with Crippen molar-refractivity contribution in [3.05, 3.63) is 12.7 Å². The number of H-pyrrole nitrogens is 1. The third-order valence-electron chi connectivity index (χ3n) is 3.69. The number of rotatable bonds is 5. The number of nitrogen functional groups attached to an aromatic ring is 1. The monoisotopic (exact) mass is 362 g/mol. The Bertz CT molecular complexity index is 785. The van der Waals surface area contributed by atoms with Gasteiger partial charge in [-0.1, -0.05) is 4.98 Å². The largest absolute Gasteiger partial charge is 0.472 e. The molecule has 0 saturated carbocycles. The maximum Gasteiger partial charge on any atom is 0.472 e. The van der Waals surface area contributed by atoms with Crippen molar-refractivity contribution in [3.8, 4) is 0 Å². The van der Waals surface area contributed by atoms with Gasteiger partial charge in [0.25, 0.3) is 0 Å². The van der Waals surface area contributed by atoms with Crippen LogP contribution < -0.4 is 10.3 Å². The molecule has 0 spiro atoms. The highest BCUT2D eigenvalue weighted by Crippen LogP contribution is 2.43. The fourth-order valence-electron chi connectivity index (χ4n) is 2.43. The Morgan fingerprint density at radius 3 is 2.92 bits per heavy atom. The summed E-state index contributed by atoms with van der Waals surface area (Å²) < 4.78 is 27.3. The third-order valence-corrected chi connectivity index (χ3v) is 4.63. The van der Waals surface area contributed by atoms with Crippen LogP contribution in [0.25, 0.3) is 11.2 Å². The highest BCUT2D eigenvalue weighted by Gasteiger charge is 2.47. The molecule has 0 bridgehead atoms. The molecule has 132 valence electrons. The van der Waals surface area contributed by atoms with Gasteiger partial charge in [-0.2, -0.15) is 4.98 Å². The lowest BCUT2D eigenvalue weighted by Crippen LogP contribution is -2.45. The third kappa shape index (κ3) is 3.00. The van der Waals surface area contributed by atoms with Gasteiger partial charge in [-0.15, -0.1) is 0 Å². The summed E-state index contributed by atoms with van der Waals surface area (Å²) in [6, 6.07) is 0. The van der Waals surface area contributed by atoms with Crippen molar-refractivity contribution in [2.45, 2.75) is 24.5 Å². The van der Waals surface area contributed by atoms with Gasteiger partial charge in [0.05, 0.1) is 6.61 Å². The number of hydrogen-bond donors (Lipinski definition) is 5. The number of nitrogens with two attached hydrogens (primary N) is 1. The molecule has 0 aromatic carbocycles. The molecule has 0 amide bonds. The summed E-state index contributed by atoms with van der Waals surface area (Å²) in [5, 5.41) is 20.3. The molecule has 12 nitrogen and oxygen atoms in total. The number of aromatic amines is 1. The number of nitrogens with one attached hydrogen (secondary N) is 1. The SMILES string of the molecule is COP(=O)(O)OCC1OC([n+]2c[nH]c3c(N)ncnc32)C(O)C1O. The summed E-state index contributed by atoms with van der Waals surface area (Å²) in [5.41, 5.74) is 6.54. The Labute approximate surface area is 135 Å². The van der Waals surface area contributed by atoms with Gasteiger partial charge in [0.2, 0.25) is 11.7 Å². The predicted octanol–water partition coefficient (Wildman–Crippen LogP) is -1.79. The summed E-state index contributed by atoms with van der Waals surface area (Å²) >= 11 is 0. The number of aliphatic hydroxyl groups is 2. The zero-order valence-electron chi connectivity index (χ0n) is 12.5. The predicted molar refractivity (Wildman–Crippen MR) is 77.2 cm³/mol. The molecular weight excluding hydrogens is 345 g/mol. The normalized spacial score (nSPS) is 29.8. The number of nitrogens with zero attached hydrogens (tertiary/aromatic N) is 3. The van der Waals surface area contributed by atoms with Crippen molar-refractivity contribution in [1.82, 2.24) is 15.0 Å². The number of ether oxygens (including phenoxy) is 1. The van der Waals surface area contributed by atoms with E-state index in [2.05, 4.69) is 24.0 Å². The van der Waals surface area contributed by atoms with Crippen molar-refractivity contribution in [1.29, 1.82) is 0 Å². The molecule has 6 N–H and O–H groups in total. The number of anilines is 1. The molecule has 3 heterocycles. The van der Waals surface area contributed by atoms with E-state index in [9.17, 15) is 19.7 Å². The molecule has 0 aliphatic carbocycles. The van der Waals surface area contributed by atoms with Crippen LogP contribution in [0.2, 0.25) is 0 Å². The van der Waals surface area contributed by atoms with Crippen LogP contribution >= 0.6 is 7.82 Å². The lowest BCUT2D eigenvalue weighted by Gasteiger charge is -2.15. The number of phosphoric acid groups is 1. The number of phosphoric ester groups is 1. The van der Waals surface area contributed by atoms with Crippen molar-refractivity contribution in [2.24, 2.45) is 0 Å². The van der Waals surface area contributed by atoms with Gasteiger partial charge in [-0.25, -0.2) is 9.13 Å². The van der Waals surface area contributed by atoms with Crippen LogP contribution in [0.3, 0.4) is 0 Å². The molecular formula is C11H17N5O7P+. The second-order valence-corrected chi connectivity index (χ2v) is 6.69. The minimum absolute atomic E-state index is 0.216. The average molecular weight is 362 g/mol. The van der Waals surface area contributed by atoms with Crippen molar-refractivity contribution >= 4 is 24.8 Å². The molecule has 1 aliphatic heterocycles. The minimum Gasteiger partial charge on any atom is -0.387 e.